The van der Waals surface area contributed by atoms with Crippen LogP contribution in [0.2, 0.25) is 0 Å². The highest BCUT2D eigenvalue weighted by Gasteiger charge is 2.16. The van der Waals surface area contributed by atoms with E-state index in [1.807, 2.05) is 4.68 Å². The van der Waals surface area contributed by atoms with Crippen molar-refractivity contribution >= 4 is 5.78 Å². The Morgan fingerprint density at radius 3 is 2.60 bits per heavy atom. The number of nitrogens with two attached hydrogens (primary N) is 1. The van der Waals surface area contributed by atoms with Gasteiger partial charge in [-0.25, -0.2) is 0 Å². The van der Waals surface area contributed by atoms with Gasteiger partial charge in [0.25, 0.3) is 0 Å². The highest BCUT2D eigenvalue weighted by Crippen LogP contribution is 2.16. The molecule has 2 N–H and O–H groups in total. The molecule has 1 aromatic heterocycles. The minimum atomic E-state index is 0.276. The second-order valence-electron chi connectivity index (χ2n) is 5.95. The third kappa shape index (κ3) is 5.08. The standard InChI is InChI=1S/C16H29N3O/c1-5-14-9-15(19(6-2)18-14)10-16(20)8-13(11-17)7-12(3)4/h9,12-13H,5-8,10-11,17H2,1-4H3. The fraction of sp³-hybridized carbons (Fsp3) is 0.750. The summed E-state index contributed by atoms with van der Waals surface area (Å²) in [6.45, 7) is 9.90. The topological polar surface area (TPSA) is 60.9 Å². The van der Waals surface area contributed by atoms with Crippen LogP contribution in [0.15, 0.2) is 6.07 Å². The SMILES string of the molecule is CCc1cc(CC(=O)CC(CN)CC(C)C)n(CC)n1. The van der Waals surface area contributed by atoms with Gasteiger partial charge in [-0.05, 0) is 44.2 Å². The lowest BCUT2D eigenvalue weighted by molar-refractivity contribution is -0.119. The summed E-state index contributed by atoms with van der Waals surface area (Å²) in [6, 6.07) is 2.06. The molecule has 0 radical (unpaired) electrons. The molecule has 1 unspecified atom stereocenters. The van der Waals surface area contributed by atoms with Crippen molar-refractivity contribution in [3.05, 3.63) is 17.5 Å². The van der Waals surface area contributed by atoms with Crippen LogP contribution in [-0.2, 0) is 24.2 Å². The summed E-state index contributed by atoms with van der Waals surface area (Å²) in [4.78, 5) is 12.2. The number of Topliss-reactive ketones (excluding diaryl/α,β-unsaturated/α-hetero) is 1. The lowest BCUT2D eigenvalue weighted by Gasteiger charge is -2.16. The molecular weight excluding hydrogens is 250 g/mol. The zero-order valence-electron chi connectivity index (χ0n) is 13.4. The Morgan fingerprint density at radius 2 is 2.10 bits per heavy atom. The molecule has 0 aromatic carbocycles. The van der Waals surface area contributed by atoms with Gasteiger partial charge >= 0.3 is 0 Å². The second kappa shape index (κ2) is 8.20. The summed E-state index contributed by atoms with van der Waals surface area (Å²) >= 11 is 0. The van der Waals surface area contributed by atoms with Gasteiger partial charge in [0.2, 0.25) is 0 Å². The summed E-state index contributed by atoms with van der Waals surface area (Å²) in [6.07, 6.45) is 3.00. The first-order chi connectivity index (χ1) is 9.49. The van der Waals surface area contributed by atoms with Crippen molar-refractivity contribution in [3.63, 3.8) is 0 Å². The fourth-order valence-electron chi connectivity index (χ4n) is 2.63. The summed E-state index contributed by atoms with van der Waals surface area (Å²) in [5.41, 5.74) is 7.87. The first-order valence-electron chi connectivity index (χ1n) is 7.77. The maximum Gasteiger partial charge on any atom is 0.139 e. The Balaban J connectivity index is 2.63. The van der Waals surface area contributed by atoms with Gasteiger partial charge < -0.3 is 5.73 Å². The van der Waals surface area contributed by atoms with E-state index in [0.29, 0.717) is 31.2 Å². The van der Waals surface area contributed by atoms with Gasteiger partial charge in [0.15, 0.2) is 0 Å². The van der Waals surface area contributed by atoms with Crippen molar-refractivity contribution in [2.24, 2.45) is 17.6 Å². The molecule has 0 amide bonds. The lowest BCUT2D eigenvalue weighted by atomic mass is 9.91. The Hall–Kier alpha value is -1.16. The number of carbonyl (C=O) groups excluding carboxylic acids is 1. The molecule has 1 atom stereocenters. The Bertz CT molecular complexity index is 423. The molecule has 0 saturated heterocycles. The maximum absolute atomic E-state index is 12.2. The molecule has 114 valence electrons. The van der Waals surface area contributed by atoms with E-state index in [2.05, 4.69) is 38.9 Å². The van der Waals surface area contributed by atoms with Crippen LogP contribution in [0.5, 0.6) is 0 Å². The predicted molar refractivity (Wildman–Crippen MR) is 82.6 cm³/mol. The molecule has 1 aromatic rings. The minimum Gasteiger partial charge on any atom is -0.330 e. The van der Waals surface area contributed by atoms with E-state index in [-0.39, 0.29) is 5.78 Å². The van der Waals surface area contributed by atoms with E-state index >= 15 is 0 Å². The van der Waals surface area contributed by atoms with Crippen LogP contribution in [-0.4, -0.2) is 22.1 Å². The van der Waals surface area contributed by atoms with Crippen molar-refractivity contribution in [2.45, 2.75) is 59.9 Å². The molecule has 0 aliphatic rings. The van der Waals surface area contributed by atoms with Crippen molar-refractivity contribution in [3.8, 4) is 0 Å². The van der Waals surface area contributed by atoms with Crippen molar-refractivity contribution in [1.82, 2.24) is 9.78 Å². The maximum atomic E-state index is 12.2. The van der Waals surface area contributed by atoms with E-state index < -0.39 is 0 Å². The number of carbonyl (C=O) groups is 1. The molecule has 1 heterocycles. The van der Waals surface area contributed by atoms with Crippen LogP contribution in [0.3, 0.4) is 0 Å². The Labute approximate surface area is 122 Å². The van der Waals surface area contributed by atoms with Gasteiger partial charge in [-0.15, -0.1) is 0 Å². The van der Waals surface area contributed by atoms with Crippen LogP contribution in [0.4, 0.5) is 0 Å². The highest BCUT2D eigenvalue weighted by molar-refractivity contribution is 5.80. The fourth-order valence-corrected chi connectivity index (χ4v) is 2.63. The van der Waals surface area contributed by atoms with Crippen molar-refractivity contribution in [1.29, 1.82) is 0 Å². The lowest BCUT2D eigenvalue weighted by Crippen LogP contribution is -2.21. The molecule has 0 aliphatic carbocycles. The van der Waals surface area contributed by atoms with E-state index in [1.165, 1.54) is 0 Å². The normalized spacial score (nSPS) is 12.9. The second-order valence-corrected chi connectivity index (χ2v) is 5.95. The number of hydrogen-bond acceptors (Lipinski definition) is 3. The number of aromatic nitrogens is 2. The highest BCUT2D eigenvalue weighted by atomic mass is 16.1. The predicted octanol–water partition coefficient (Wildman–Crippen LogP) is 2.59. The number of rotatable bonds is 9. The number of hydrogen-bond donors (Lipinski definition) is 1. The molecule has 0 fully saturated rings. The molecule has 4 heteroatoms. The number of aryl methyl sites for hydroxylation is 2. The van der Waals surface area contributed by atoms with E-state index in [4.69, 9.17) is 5.73 Å². The quantitative estimate of drug-likeness (QED) is 0.756. The van der Waals surface area contributed by atoms with Gasteiger partial charge in [-0.2, -0.15) is 5.10 Å². The first-order valence-corrected chi connectivity index (χ1v) is 7.77. The molecule has 0 saturated carbocycles. The molecule has 4 nitrogen and oxygen atoms in total. The third-order valence-corrected chi connectivity index (χ3v) is 3.61. The van der Waals surface area contributed by atoms with Gasteiger partial charge in [0.05, 0.1) is 5.69 Å². The molecular formula is C16H29N3O. The van der Waals surface area contributed by atoms with Gasteiger partial charge in [-0.1, -0.05) is 20.8 Å². The Morgan fingerprint density at radius 1 is 1.40 bits per heavy atom. The Kier molecular flexibility index (Phi) is 6.93. The smallest absolute Gasteiger partial charge is 0.139 e. The molecule has 0 aliphatic heterocycles. The van der Waals surface area contributed by atoms with Crippen molar-refractivity contribution in [2.75, 3.05) is 6.54 Å². The van der Waals surface area contributed by atoms with Crippen LogP contribution < -0.4 is 5.73 Å². The van der Waals surface area contributed by atoms with Crippen LogP contribution in [0.1, 0.15) is 51.9 Å². The van der Waals surface area contributed by atoms with E-state index in [1.54, 1.807) is 0 Å². The summed E-state index contributed by atoms with van der Waals surface area (Å²) in [5, 5.41) is 4.49. The third-order valence-electron chi connectivity index (χ3n) is 3.61. The molecule has 0 spiro atoms. The summed E-state index contributed by atoms with van der Waals surface area (Å²) < 4.78 is 1.94. The average Bonchev–Trinajstić information content (AvgIpc) is 2.79. The summed E-state index contributed by atoms with van der Waals surface area (Å²) in [5.74, 6) is 1.17. The first kappa shape index (κ1) is 16.9. The van der Waals surface area contributed by atoms with Gasteiger partial charge in [0, 0.05) is 25.1 Å². The molecule has 0 bridgehead atoms. The number of ketones is 1. The van der Waals surface area contributed by atoms with Crippen molar-refractivity contribution < 1.29 is 4.79 Å². The van der Waals surface area contributed by atoms with Crippen LogP contribution in [0, 0.1) is 11.8 Å². The van der Waals surface area contributed by atoms with Crippen LogP contribution in [0.25, 0.3) is 0 Å². The molecule has 1 rings (SSSR count). The largest absolute Gasteiger partial charge is 0.330 e. The van der Waals surface area contributed by atoms with E-state index in [9.17, 15) is 4.79 Å². The monoisotopic (exact) mass is 279 g/mol. The zero-order valence-corrected chi connectivity index (χ0v) is 13.4. The molecule has 20 heavy (non-hydrogen) atoms. The average molecular weight is 279 g/mol. The minimum absolute atomic E-state index is 0.276. The van der Waals surface area contributed by atoms with Crippen LogP contribution >= 0.6 is 0 Å². The van der Waals surface area contributed by atoms with E-state index in [0.717, 1.165) is 30.8 Å². The van der Waals surface area contributed by atoms with Gasteiger partial charge in [0.1, 0.15) is 5.78 Å². The zero-order chi connectivity index (χ0) is 15.1. The van der Waals surface area contributed by atoms with Gasteiger partial charge in [-0.3, -0.25) is 9.48 Å². The summed E-state index contributed by atoms with van der Waals surface area (Å²) in [7, 11) is 0. The number of nitrogens with zero attached hydrogens (tertiary/aromatic N) is 2.